The van der Waals surface area contributed by atoms with Crippen LogP contribution in [-0.2, 0) is 11.0 Å². The van der Waals surface area contributed by atoms with Gasteiger partial charge in [0.15, 0.2) is 14.1 Å². The van der Waals surface area contributed by atoms with Crippen molar-refractivity contribution < 1.29 is 18.5 Å². The molecule has 1 heterocycles. The molecule has 0 bridgehead atoms. The molecule has 0 N–H and O–H groups in total. The van der Waals surface area contributed by atoms with Crippen LogP contribution in [0.1, 0.15) is 26.3 Å². The first-order chi connectivity index (χ1) is 14.5. The average Bonchev–Trinajstić information content (AvgIpc) is 3.01. The minimum atomic E-state index is -2.11. The van der Waals surface area contributed by atoms with E-state index in [2.05, 4.69) is 50.9 Å². The van der Waals surface area contributed by atoms with E-state index in [9.17, 15) is 14.5 Å². The van der Waals surface area contributed by atoms with Crippen molar-refractivity contribution in [1.29, 1.82) is 0 Å². The Morgan fingerprint density at radius 2 is 1.77 bits per heavy atom. The van der Waals surface area contributed by atoms with E-state index >= 15 is 0 Å². The molecule has 0 spiro atoms. The molecule has 8 heteroatoms. The minimum Gasteiger partial charge on any atom is -0.479 e. The lowest BCUT2D eigenvalue weighted by Crippen LogP contribution is -2.48. The van der Waals surface area contributed by atoms with Crippen LogP contribution in [0.3, 0.4) is 0 Å². The van der Waals surface area contributed by atoms with Crippen molar-refractivity contribution >= 4 is 14.0 Å². The summed E-state index contributed by atoms with van der Waals surface area (Å²) >= 11 is 0. The molecular formula is C23H31FN2O4Si. The lowest BCUT2D eigenvalue weighted by molar-refractivity contribution is -0.386. The molecule has 168 valence electrons. The SMILES string of the molecule is CC(C)(C)[Si](C)(C)OC1CN(Cc2ccccc2)CC1Oc1cc(F)ccc1[N+](=O)[O-]. The van der Waals surface area contributed by atoms with E-state index < -0.39 is 25.2 Å². The fourth-order valence-electron chi connectivity index (χ4n) is 3.47. The van der Waals surface area contributed by atoms with Crippen LogP contribution in [0.15, 0.2) is 48.5 Å². The van der Waals surface area contributed by atoms with E-state index in [0.29, 0.717) is 13.1 Å². The lowest BCUT2D eigenvalue weighted by atomic mass is 10.2. The second kappa shape index (κ2) is 9.06. The first kappa shape index (κ1) is 23.4. The number of rotatable bonds is 7. The predicted molar refractivity (Wildman–Crippen MR) is 121 cm³/mol. The molecule has 0 radical (unpaired) electrons. The molecule has 2 aromatic rings. The van der Waals surface area contributed by atoms with Gasteiger partial charge in [0.1, 0.15) is 11.9 Å². The molecule has 2 unspecified atom stereocenters. The molecule has 1 fully saturated rings. The molecule has 1 saturated heterocycles. The second-order valence-electron chi connectivity index (χ2n) is 9.62. The first-order valence-corrected chi connectivity index (χ1v) is 13.4. The Morgan fingerprint density at radius 3 is 2.39 bits per heavy atom. The van der Waals surface area contributed by atoms with Crippen LogP contribution in [0.4, 0.5) is 10.1 Å². The standard InChI is InChI=1S/C23H31FN2O4Si/c1-23(2,3)31(4,5)30-22-16-25(14-17-9-7-6-8-10-17)15-21(22)29-20-13-18(24)11-12-19(20)26(27)28/h6-13,21-22H,14-16H2,1-5H3. The highest BCUT2D eigenvalue weighted by Gasteiger charge is 2.44. The Balaban J connectivity index is 1.85. The summed E-state index contributed by atoms with van der Waals surface area (Å²) in [6.07, 6.45) is -0.689. The van der Waals surface area contributed by atoms with Gasteiger partial charge in [0.2, 0.25) is 0 Å². The number of nitro benzene ring substituents is 1. The highest BCUT2D eigenvalue weighted by molar-refractivity contribution is 6.74. The zero-order valence-corrected chi connectivity index (χ0v) is 19.8. The van der Waals surface area contributed by atoms with Crippen LogP contribution in [0, 0.1) is 15.9 Å². The number of hydrogen-bond acceptors (Lipinski definition) is 5. The molecule has 6 nitrogen and oxygen atoms in total. The van der Waals surface area contributed by atoms with Gasteiger partial charge in [-0.15, -0.1) is 0 Å². The molecule has 3 rings (SSSR count). The van der Waals surface area contributed by atoms with Gasteiger partial charge in [-0.1, -0.05) is 51.1 Å². The summed E-state index contributed by atoms with van der Waals surface area (Å²) < 4.78 is 26.6. The van der Waals surface area contributed by atoms with Gasteiger partial charge in [0.25, 0.3) is 0 Å². The smallest absolute Gasteiger partial charge is 0.311 e. The van der Waals surface area contributed by atoms with E-state index in [0.717, 1.165) is 24.7 Å². The molecule has 0 saturated carbocycles. The number of halogens is 1. The van der Waals surface area contributed by atoms with Crippen LogP contribution in [-0.4, -0.2) is 43.4 Å². The van der Waals surface area contributed by atoms with Gasteiger partial charge >= 0.3 is 5.69 Å². The maximum Gasteiger partial charge on any atom is 0.311 e. The molecule has 1 aliphatic rings. The Hall–Kier alpha value is -2.29. The largest absolute Gasteiger partial charge is 0.479 e. The molecule has 0 amide bonds. The molecule has 0 aromatic heterocycles. The van der Waals surface area contributed by atoms with Crippen molar-refractivity contribution in [2.45, 2.75) is 57.7 Å². The van der Waals surface area contributed by atoms with Crippen molar-refractivity contribution in [2.75, 3.05) is 13.1 Å². The summed E-state index contributed by atoms with van der Waals surface area (Å²) in [6.45, 7) is 12.8. The molecule has 2 atom stereocenters. The van der Waals surface area contributed by atoms with Crippen molar-refractivity contribution in [3.8, 4) is 5.75 Å². The van der Waals surface area contributed by atoms with Gasteiger partial charge in [-0.3, -0.25) is 15.0 Å². The zero-order chi connectivity index (χ0) is 22.8. The number of likely N-dealkylation sites (tertiary alicyclic amines) is 1. The van der Waals surface area contributed by atoms with Crippen molar-refractivity contribution in [3.05, 3.63) is 70.0 Å². The quantitative estimate of drug-likeness (QED) is 0.324. The van der Waals surface area contributed by atoms with Crippen molar-refractivity contribution in [2.24, 2.45) is 0 Å². The van der Waals surface area contributed by atoms with E-state index in [-0.39, 0.29) is 22.6 Å². The fraction of sp³-hybridized carbons (Fsp3) is 0.478. The topological polar surface area (TPSA) is 64.8 Å². The maximum atomic E-state index is 13.8. The maximum absolute atomic E-state index is 13.8. The molecule has 0 aliphatic carbocycles. The third kappa shape index (κ3) is 5.69. The van der Waals surface area contributed by atoms with Gasteiger partial charge in [-0.25, -0.2) is 4.39 Å². The Kier molecular flexibility index (Phi) is 6.83. The number of nitrogens with zero attached hydrogens (tertiary/aromatic N) is 2. The number of nitro groups is 1. The van der Waals surface area contributed by atoms with E-state index in [1.54, 1.807) is 0 Å². The molecule has 31 heavy (non-hydrogen) atoms. The predicted octanol–water partition coefficient (Wildman–Crippen LogP) is 5.39. The van der Waals surface area contributed by atoms with Crippen LogP contribution >= 0.6 is 0 Å². The number of benzene rings is 2. The Bertz CT molecular complexity index is 918. The highest BCUT2D eigenvalue weighted by Crippen LogP contribution is 2.39. The highest BCUT2D eigenvalue weighted by atomic mass is 28.4. The van der Waals surface area contributed by atoms with E-state index in [1.165, 1.54) is 5.56 Å². The summed E-state index contributed by atoms with van der Waals surface area (Å²) in [7, 11) is -2.11. The van der Waals surface area contributed by atoms with Crippen LogP contribution < -0.4 is 4.74 Å². The third-order valence-corrected chi connectivity index (χ3v) is 10.7. The lowest BCUT2D eigenvalue weighted by Gasteiger charge is -2.39. The second-order valence-corrected chi connectivity index (χ2v) is 14.4. The van der Waals surface area contributed by atoms with Crippen LogP contribution in [0.2, 0.25) is 18.1 Å². The summed E-state index contributed by atoms with van der Waals surface area (Å²) in [5, 5.41) is 11.4. The zero-order valence-electron chi connectivity index (χ0n) is 18.8. The monoisotopic (exact) mass is 446 g/mol. The Labute approximate surface area is 184 Å². The minimum absolute atomic E-state index is 0.00918. The third-order valence-electron chi connectivity index (χ3n) is 6.19. The van der Waals surface area contributed by atoms with Gasteiger partial charge in [-0.05, 0) is 29.8 Å². The molecule has 2 aromatic carbocycles. The summed E-state index contributed by atoms with van der Waals surface area (Å²) in [5.41, 5.74) is 0.931. The van der Waals surface area contributed by atoms with E-state index in [1.807, 2.05) is 18.2 Å². The van der Waals surface area contributed by atoms with Crippen LogP contribution in [0.5, 0.6) is 5.75 Å². The first-order valence-electron chi connectivity index (χ1n) is 10.5. The average molecular weight is 447 g/mol. The van der Waals surface area contributed by atoms with Gasteiger partial charge in [-0.2, -0.15) is 0 Å². The fourth-order valence-corrected chi connectivity index (χ4v) is 4.80. The van der Waals surface area contributed by atoms with Crippen molar-refractivity contribution in [1.82, 2.24) is 4.90 Å². The van der Waals surface area contributed by atoms with Gasteiger partial charge in [0, 0.05) is 31.8 Å². The molecular weight excluding hydrogens is 415 g/mol. The summed E-state index contributed by atoms with van der Waals surface area (Å²) in [5.74, 6) is -0.623. The Morgan fingerprint density at radius 1 is 1.13 bits per heavy atom. The summed E-state index contributed by atoms with van der Waals surface area (Å²) in [4.78, 5) is 13.1. The van der Waals surface area contributed by atoms with E-state index in [4.69, 9.17) is 9.16 Å². The number of ether oxygens (including phenoxy) is 1. The van der Waals surface area contributed by atoms with Crippen LogP contribution in [0.25, 0.3) is 0 Å². The van der Waals surface area contributed by atoms with Crippen molar-refractivity contribution in [3.63, 3.8) is 0 Å². The summed E-state index contributed by atoms with van der Waals surface area (Å²) in [6, 6.07) is 13.4. The normalized spacial score (nSPS) is 20.1. The van der Waals surface area contributed by atoms with Gasteiger partial charge < -0.3 is 9.16 Å². The van der Waals surface area contributed by atoms with Gasteiger partial charge in [0.05, 0.1) is 11.0 Å². The number of hydrogen-bond donors (Lipinski definition) is 0. The molecule has 1 aliphatic heterocycles.